The average molecular weight is 293 g/mol. The molecule has 0 spiro atoms. The van der Waals surface area contributed by atoms with Gasteiger partial charge in [0.2, 0.25) is 0 Å². The van der Waals surface area contributed by atoms with Crippen molar-refractivity contribution in [2.75, 3.05) is 0 Å². The SMILES string of the molecule is BrC(Cc1ccsc1)C1Cc2ccccc21. The summed E-state index contributed by atoms with van der Waals surface area (Å²) in [5.41, 5.74) is 4.53. The van der Waals surface area contributed by atoms with Crippen molar-refractivity contribution in [1.29, 1.82) is 0 Å². The Hall–Kier alpha value is -0.600. The maximum Gasteiger partial charge on any atom is 0.0258 e. The Bertz CT molecular complexity index is 475. The molecule has 2 atom stereocenters. The maximum absolute atomic E-state index is 3.85. The highest BCUT2D eigenvalue weighted by Gasteiger charge is 2.31. The van der Waals surface area contributed by atoms with Crippen LogP contribution in [0.3, 0.4) is 0 Å². The van der Waals surface area contributed by atoms with Gasteiger partial charge in [0.1, 0.15) is 0 Å². The second kappa shape index (κ2) is 4.34. The Morgan fingerprint density at radius 1 is 1.31 bits per heavy atom. The van der Waals surface area contributed by atoms with Crippen molar-refractivity contribution in [3.8, 4) is 0 Å². The molecule has 0 N–H and O–H groups in total. The van der Waals surface area contributed by atoms with Crippen molar-refractivity contribution >= 4 is 27.3 Å². The van der Waals surface area contributed by atoms with Crippen LogP contribution in [0.2, 0.25) is 0 Å². The van der Waals surface area contributed by atoms with E-state index in [0.29, 0.717) is 10.7 Å². The highest BCUT2D eigenvalue weighted by atomic mass is 79.9. The molecule has 2 heteroatoms. The summed E-state index contributed by atoms with van der Waals surface area (Å²) in [6.07, 6.45) is 2.37. The fourth-order valence-electron chi connectivity index (χ4n) is 2.40. The van der Waals surface area contributed by atoms with Gasteiger partial charge in [0.05, 0.1) is 0 Å². The molecule has 2 unspecified atom stereocenters. The van der Waals surface area contributed by atoms with Crippen LogP contribution in [0.25, 0.3) is 0 Å². The molecule has 0 radical (unpaired) electrons. The lowest BCUT2D eigenvalue weighted by Crippen LogP contribution is -2.26. The Labute approximate surface area is 108 Å². The molecular formula is C14H13BrS. The zero-order valence-corrected chi connectivity index (χ0v) is 11.3. The second-order valence-electron chi connectivity index (χ2n) is 4.36. The van der Waals surface area contributed by atoms with E-state index in [-0.39, 0.29) is 0 Å². The van der Waals surface area contributed by atoms with Gasteiger partial charge in [-0.1, -0.05) is 40.2 Å². The molecule has 0 bridgehead atoms. The predicted molar refractivity (Wildman–Crippen MR) is 73.6 cm³/mol. The highest BCUT2D eigenvalue weighted by Crippen LogP contribution is 2.41. The van der Waals surface area contributed by atoms with Crippen LogP contribution >= 0.6 is 27.3 Å². The van der Waals surface area contributed by atoms with E-state index in [1.54, 1.807) is 16.9 Å². The number of fused-ring (bicyclic) bond motifs is 1. The molecule has 0 saturated heterocycles. The van der Waals surface area contributed by atoms with Crippen LogP contribution in [0, 0.1) is 0 Å². The van der Waals surface area contributed by atoms with Crippen LogP contribution in [0.4, 0.5) is 0 Å². The molecule has 0 amide bonds. The molecular weight excluding hydrogens is 280 g/mol. The van der Waals surface area contributed by atoms with E-state index >= 15 is 0 Å². The molecule has 0 aliphatic heterocycles. The van der Waals surface area contributed by atoms with E-state index in [2.05, 4.69) is 57.0 Å². The second-order valence-corrected chi connectivity index (χ2v) is 6.32. The lowest BCUT2D eigenvalue weighted by atomic mass is 9.75. The number of halogens is 1. The minimum Gasteiger partial charge on any atom is -0.152 e. The zero-order valence-electron chi connectivity index (χ0n) is 8.90. The van der Waals surface area contributed by atoms with E-state index in [1.807, 2.05) is 0 Å². The minimum atomic E-state index is 0.581. The average Bonchev–Trinajstić information content (AvgIpc) is 2.72. The molecule has 1 aromatic heterocycles. The smallest absolute Gasteiger partial charge is 0.0258 e. The van der Waals surface area contributed by atoms with Gasteiger partial charge in [0.15, 0.2) is 0 Å². The van der Waals surface area contributed by atoms with Crippen molar-refractivity contribution in [3.63, 3.8) is 0 Å². The number of hydrogen-bond acceptors (Lipinski definition) is 1. The number of hydrogen-bond donors (Lipinski definition) is 0. The first kappa shape index (κ1) is 10.5. The Kier molecular flexibility index (Phi) is 2.86. The summed E-state index contributed by atoms with van der Waals surface area (Å²) in [7, 11) is 0. The van der Waals surface area contributed by atoms with Crippen LogP contribution in [0.15, 0.2) is 41.1 Å². The normalized spacial score (nSPS) is 19.9. The van der Waals surface area contributed by atoms with Gasteiger partial charge in [-0.25, -0.2) is 0 Å². The fraction of sp³-hybridized carbons (Fsp3) is 0.286. The number of thiophene rings is 1. The van der Waals surface area contributed by atoms with Crippen LogP contribution in [-0.2, 0) is 12.8 Å². The Morgan fingerprint density at radius 3 is 2.94 bits per heavy atom. The predicted octanol–water partition coefficient (Wildman–Crippen LogP) is 4.39. The third-order valence-electron chi connectivity index (χ3n) is 3.34. The van der Waals surface area contributed by atoms with Gasteiger partial charge in [0, 0.05) is 10.7 Å². The van der Waals surface area contributed by atoms with Crippen molar-refractivity contribution in [1.82, 2.24) is 0 Å². The summed E-state index contributed by atoms with van der Waals surface area (Å²) in [5.74, 6) is 0.705. The first-order valence-corrected chi connectivity index (χ1v) is 7.43. The molecule has 0 fully saturated rings. The Morgan fingerprint density at radius 2 is 2.19 bits per heavy atom. The lowest BCUT2D eigenvalue weighted by molar-refractivity contribution is 0.581. The Balaban J connectivity index is 1.72. The van der Waals surface area contributed by atoms with Gasteiger partial charge in [-0.3, -0.25) is 0 Å². The quantitative estimate of drug-likeness (QED) is 0.736. The lowest BCUT2D eigenvalue weighted by Gasteiger charge is -2.33. The van der Waals surface area contributed by atoms with E-state index in [0.717, 1.165) is 6.42 Å². The zero-order chi connectivity index (χ0) is 11.0. The van der Waals surface area contributed by atoms with Gasteiger partial charge < -0.3 is 0 Å². The number of rotatable bonds is 3. The summed E-state index contributed by atoms with van der Waals surface area (Å²) in [4.78, 5) is 0.581. The van der Waals surface area contributed by atoms with Crippen LogP contribution < -0.4 is 0 Å². The van der Waals surface area contributed by atoms with Crippen LogP contribution in [0.1, 0.15) is 22.6 Å². The van der Waals surface area contributed by atoms with Crippen molar-refractivity contribution in [3.05, 3.63) is 57.8 Å². The molecule has 1 heterocycles. The van der Waals surface area contributed by atoms with Gasteiger partial charge >= 0.3 is 0 Å². The molecule has 82 valence electrons. The third-order valence-corrected chi connectivity index (χ3v) is 5.04. The highest BCUT2D eigenvalue weighted by molar-refractivity contribution is 9.09. The largest absolute Gasteiger partial charge is 0.152 e. The summed E-state index contributed by atoms with van der Waals surface area (Å²) in [6, 6.07) is 11.0. The van der Waals surface area contributed by atoms with Crippen molar-refractivity contribution in [2.24, 2.45) is 0 Å². The van der Waals surface area contributed by atoms with E-state index < -0.39 is 0 Å². The van der Waals surface area contributed by atoms with E-state index in [1.165, 1.54) is 17.5 Å². The molecule has 1 aromatic carbocycles. The standard InChI is InChI=1S/C14H13BrS/c15-14(7-10-5-6-16-9-10)13-8-11-3-1-2-4-12(11)13/h1-6,9,13-14H,7-8H2. The molecule has 0 nitrogen and oxygen atoms in total. The summed E-state index contributed by atoms with van der Waals surface area (Å²) in [6.45, 7) is 0. The van der Waals surface area contributed by atoms with Crippen molar-refractivity contribution in [2.45, 2.75) is 23.6 Å². The van der Waals surface area contributed by atoms with Crippen LogP contribution in [-0.4, -0.2) is 4.83 Å². The number of benzene rings is 1. The van der Waals surface area contributed by atoms with E-state index in [9.17, 15) is 0 Å². The first-order valence-electron chi connectivity index (χ1n) is 5.57. The number of alkyl halides is 1. The molecule has 2 aromatic rings. The van der Waals surface area contributed by atoms with Gasteiger partial charge in [-0.05, 0) is 46.4 Å². The topological polar surface area (TPSA) is 0 Å². The summed E-state index contributed by atoms with van der Waals surface area (Å²) < 4.78 is 0. The van der Waals surface area contributed by atoms with Crippen LogP contribution in [0.5, 0.6) is 0 Å². The van der Waals surface area contributed by atoms with Gasteiger partial charge in [-0.2, -0.15) is 11.3 Å². The monoisotopic (exact) mass is 292 g/mol. The maximum atomic E-state index is 3.85. The van der Waals surface area contributed by atoms with Gasteiger partial charge in [0.25, 0.3) is 0 Å². The molecule has 3 rings (SSSR count). The van der Waals surface area contributed by atoms with E-state index in [4.69, 9.17) is 0 Å². The molecule has 1 aliphatic carbocycles. The first-order chi connectivity index (χ1) is 7.84. The molecule has 1 aliphatic rings. The molecule has 16 heavy (non-hydrogen) atoms. The third kappa shape index (κ3) is 1.85. The van der Waals surface area contributed by atoms with Gasteiger partial charge in [-0.15, -0.1) is 0 Å². The fourth-order valence-corrected chi connectivity index (χ4v) is 3.92. The summed E-state index contributed by atoms with van der Waals surface area (Å²) in [5, 5.41) is 4.41. The molecule has 0 saturated carbocycles. The van der Waals surface area contributed by atoms with Crippen molar-refractivity contribution < 1.29 is 0 Å². The summed E-state index contributed by atoms with van der Waals surface area (Å²) >= 11 is 5.63. The minimum absolute atomic E-state index is 0.581.